The fourth-order valence-corrected chi connectivity index (χ4v) is 6.07. The maximum absolute atomic E-state index is 13.4. The third kappa shape index (κ3) is 10.0. The predicted molar refractivity (Wildman–Crippen MR) is 123 cm³/mol. The molecule has 1 rings (SSSR count). The van der Waals surface area contributed by atoms with Crippen molar-refractivity contribution in [2.45, 2.75) is 104 Å². The van der Waals surface area contributed by atoms with Gasteiger partial charge in [-0.15, -0.1) is 11.3 Å². The lowest BCUT2D eigenvalue weighted by Gasteiger charge is -2.28. The summed E-state index contributed by atoms with van der Waals surface area (Å²) in [7, 11) is -3.67. The molecule has 0 radical (unpaired) electrons. The van der Waals surface area contributed by atoms with Crippen LogP contribution in [0.2, 0.25) is 0 Å². The normalized spacial score (nSPS) is 13.4. The molecule has 0 fully saturated rings. The van der Waals surface area contributed by atoms with Gasteiger partial charge in [-0.05, 0) is 47.5 Å². The van der Waals surface area contributed by atoms with Gasteiger partial charge in [0.05, 0.1) is 18.2 Å². The number of aryl methyl sites for hydroxylation is 1. The van der Waals surface area contributed by atoms with Gasteiger partial charge in [-0.2, -0.15) is 0 Å². The van der Waals surface area contributed by atoms with E-state index in [-0.39, 0.29) is 19.6 Å². The summed E-state index contributed by atoms with van der Waals surface area (Å²) >= 11 is 1.57. The Morgan fingerprint density at radius 3 is 2.23 bits per heavy atom. The zero-order chi connectivity index (χ0) is 22.6. The van der Waals surface area contributed by atoms with E-state index in [2.05, 4.69) is 11.9 Å². The number of nitrogens with zero attached hydrogens (tertiary/aromatic N) is 1. The van der Waals surface area contributed by atoms with Gasteiger partial charge >= 0.3 is 13.6 Å². The van der Waals surface area contributed by atoms with Crippen LogP contribution < -0.4 is 0 Å². The molecule has 1 atom stereocenters. The van der Waals surface area contributed by atoms with Crippen LogP contribution in [0.3, 0.4) is 0 Å². The second-order valence-corrected chi connectivity index (χ2v) is 11.8. The van der Waals surface area contributed by atoms with E-state index >= 15 is 0 Å². The number of aromatic nitrogens is 1. The molecule has 30 heavy (non-hydrogen) atoms. The van der Waals surface area contributed by atoms with E-state index in [4.69, 9.17) is 13.8 Å². The highest BCUT2D eigenvalue weighted by atomic mass is 32.1. The molecule has 0 bridgehead atoms. The molecule has 174 valence electrons. The fraction of sp³-hybridized carbons (Fsp3) is 0.818. The van der Waals surface area contributed by atoms with Gasteiger partial charge in [0.1, 0.15) is 5.60 Å². The number of esters is 1. The Morgan fingerprint density at radius 1 is 1.07 bits per heavy atom. The minimum Gasteiger partial charge on any atom is -0.459 e. The van der Waals surface area contributed by atoms with Crippen LogP contribution in [0.25, 0.3) is 0 Å². The Hall–Kier alpha value is -0.750. The van der Waals surface area contributed by atoms with Crippen LogP contribution in [0.4, 0.5) is 0 Å². The minimum atomic E-state index is -3.67. The van der Waals surface area contributed by atoms with Crippen molar-refractivity contribution in [3.8, 4) is 0 Å². The zero-order valence-electron chi connectivity index (χ0n) is 19.6. The molecule has 6 nitrogen and oxygen atoms in total. The predicted octanol–water partition coefficient (Wildman–Crippen LogP) is 6.57. The third-order valence-electron chi connectivity index (χ3n) is 4.42. The van der Waals surface area contributed by atoms with Crippen molar-refractivity contribution in [2.24, 2.45) is 0 Å². The summed E-state index contributed by atoms with van der Waals surface area (Å²) in [6, 6.07) is 0. The first-order valence-electron chi connectivity index (χ1n) is 11.2. The van der Waals surface area contributed by atoms with Gasteiger partial charge < -0.3 is 13.8 Å². The molecule has 0 amide bonds. The highest BCUT2D eigenvalue weighted by Crippen LogP contribution is 2.54. The van der Waals surface area contributed by atoms with Crippen molar-refractivity contribution < 1.29 is 23.1 Å². The van der Waals surface area contributed by atoms with E-state index in [1.807, 2.05) is 6.20 Å². The molecule has 0 spiro atoms. The maximum Gasteiger partial charge on any atom is 0.345 e. The topological polar surface area (TPSA) is 74.7 Å². The molecular formula is C22H40NO5PS. The van der Waals surface area contributed by atoms with Crippen molar-refractivity contribution in [1.29, 1.82) is 0 Å². The Morgan fingerprint density at radius 2 is 1.67 bits per heavy atom. The molecule has 0 aromatic carbocycles. The number of rotatable bonds is 15. The summed E-state index contributed by atoms with van der Waals surface area (Å²) < 4.78 is 29.9. The summed E-state index contributed by atoms with van der Waals surface area (Å²) in [6.45, 7) is 11.4. The van der Waals surface area contributed by atoms with Crippen molar-refractivity contribution >= 4 is 24.9 Å². The molecular weight excluding hydrogens is 421 g/mol. The van der Waals surface area contributed by atoms with Gasteiger partial charge in [0.15, 0.2) is 5.66 Å². The number of unbranched alkanes of at least 4 members (excludes halogenated alkanes) is 5. The summed E-state index contributed by atoms with van der Waals surface area (Å²) in [5.41, 5.74) is -1.71. The lowest BCUT2D eigenvalue weighted by Crippen LogP contribution is -2.34. The van der Waals surface area contributed by atoms with Crippen LogP contribution in [-0.4, -0.2) is 35.4 Å². The monoisotopic (exact) mass is 461 g/mol. The van der Waals surface area contributed by atoms with Gasteiger partial charge in [-0.1, -0.05) is 39.0 Å². The molecule has 1 unspecified atom stereocenters. The lowest BCUT2D eigenvalue weighted by molar-refractivity contribution is -0.154. The van der Waals surface area contributed by atoms with Gasteiger partial charge in [0.2, 0.25) is 0 Å². The molecule has 1 aromatic heterocycles. The molecule has 8 heteroatoms. The minimum absolute atomic E-state index is 0.188. The van der Waals surface area contributed by atoms with E-state index in [9.17, 15) is 9.36 Å². The molecule has 1 aromatic rings. The Bertz CT molecular complexity index is 661. The van der Waals surface area contributed by atoms with Crippen LogP contribution >= 0.6 is 18.9 Å². The lowest BCUT2D eigenvalue weighted by atomic mass is 10.1. The van der Waals surface area contributed by atoms with Crippen LogP contribution in [0, 0.1) is 0 Å². The summed E-state index contributed by atoms with van der Waals surface area (Å²) in [5.74, 6) is -0.569. The van der Waals surface area contributed by atoms with Crippen LogP contribution in [0.15, 0.2) is 6.20 Å². The number of carbonyl (C=O) groups is 1. The average Bonchev–Trinajstić information content (AvgIpc) is 3.09. The Kier molecular flexibility index (Phi) is 12.4. The smallest absolute Gasteiger partial charge is 0.345 e. The average molecular weight is 462 g/mol. The van der Waals surface area contributed by atoms with E-state index in [0.29, 0.717) is 0 Å². The summed E-state index contributed by atoms with van der Waals surface area (Å²) in [6.07, 6.45) is 10.5. The molecule has 0 saturated carbocycles. The first-order chi connectivity index (χ1) is 14.1. The standard InChI is InChI=1S/C22H40NO5PS/c1-7-10-11-12-13-14-15-18-17-23-20(30-18)16-19(21(24)28-22(4,5)6)29(25,26-8-2)27-9-3/h17,19H,7-16H2,1-6H3. The first kappa shape index (κ1) is 27.3. The van der Waals surface area contributed by atoms with E-state index in [1.165, 1.54) is 37.0 Å². The van der Waals surface area contributed by atoms with Crippen LogP contribution in [-0.2, 0) is 36.0 Å². The number of thiazole rings is 1. The van der Waals surface area contributed by atoms with E-state index in [1.54, 1.807) is 46.0 Å². The van der Waals surface area contributed by atoms with Crippen molar-refractivity contribution in [1.82, 2.24) is 4.98 Å². The summed E-state index contributed by atoms with van der Waals surface area (Å²) in [4.78, 5) is 18.5. The Balaban J connectivity index is 2.85. The van der Waals surface area contributed by atoms with Crippen molar-refractivity contribution in [2.75, 3.05) is 13.2 Å². The Labute approximate surface area is 186 Å². The van der Waals surface area contributed by atoms with Crippen molar-refractivity contribution in [3.05, 3.63) is 16.1 Å². The van der Waals surface area contributed by atoms with Crippen LogP contribution in [0.5, 0.6) is 0 Å². The van der Waals surface area contributed by atoms with Crippen LogP contribution in [0.1, 0.15) is 90.0 Å². The molecule has 0 aliphatic heterocycles. The fourth-order valence-electron chi connectivity index (χ4n) is 3.07. The number of ether oxygens (including phenoxy) is 1. The van der Waals surface area contributed by atoms with Gasteiger partial charge in [0, 0.05) is 17.5 Å². The van der Waals surface area contributed by atoms with E-state index < -0.39 is 24.8 Å². The van der Waals surface area contributed by atoms with Gasteiger partial charge in [0.25, 0.3) is 0 Å². The zero-order valence-corrected chi connectivity index (χ0v) is 21.3. The highest BCUT2D eigenvalue weighted by molar-refractivity contribution is 7.55. The number of hydrogen-bond acceptors (Lipinski definition) is 7. The molecule has 1 heterocycles. The number of hydrogen-bond donors (Lipinski definition) is 0. The molecule has 0 N–H and O–H groups in total. The quantitative estimate of drug-likeness (QED) is 0.167. The summed E-state index contributed by atoms with van der Waals surface area (Å²) in [5, 5.41) is 0.756. The second kappa shape index (κ2) is 13.6. The third-order valence-corrected chi connectivity index (χ3v) is 7.90. The van der Waals surface area contributed by atoms with E-state index in [0.717, 1.165) is 17.8 Å². The van der Waals surface area contributed by atoms with Crippen molar-refractivity contribution in [3.63, 3.8) is 0 Å². The first-order valence-corrected chi connectivity index (χ1v) is 13.6. The van der Waals surface area contributed by atoms with Gasteiger partial charge in [-0.3, -0.25) is 9.36 Å². The SMILES string of the molecule is CCCCCCCCc1cnc(CC(C(=O)OC(C)(C)C)P(=O)(OCC)OCC)s1. The van der Waals surface area contributed by atoms with Gasteiger partial charge in [-0.25, -0.2) is 4.98 Å². The number of carbonyl (C=O) groups excluding carboxylic acids is 1. The molecule has 0 aliphatic rings. The molecule has 0 aliphatic carbocycles. The largest absolute Gasteiger partial charge is 0.459 e. The molecule has 0 saturated heterocycles. The maximum atomic E-state index is 13.4. The highest BCUT2D eigenvalue weighted by Gasteiger charge is 2.44. The second-order valence-electron chi connectivity index (χ2n) is 8.37.